The lowest BCUT2D eigenvalue weighted by Crippen LogP contribution is -2.53. The number of ether oxygens (including phenoxy) is 1. The predicted molar refractivity (Wildman–Crippen MR) is 120 cm³/mol. The Morgan fingerprint density at radius 3 is 2.62 bits per heavy atom. The van der Waals surface area contributed by atoms with Crippen LogP contribution < -0.4 is 5.32 Å². The normalized spacial score (nSPS) is 18.1. The highest BCUT2D eigenvalue weighted by atomic mass is 16.5. The second kappa shape index (κ2) is 8.99. The van der Waals surface area contributed by atoms with Crippen molar-refractivity contribution in [3.63, 3.8) is 0 Å². The molecule has 0 atom stereocenters. The summed E-state index contributed by atoms with van der Waals surface area (Å²) < 4.78 is 12.4. The van der Waals surface area contributed by atoms with E-state index in [9.17, 15) is 19.2 Å². The Bertz CT molecular complexity index is 1300. The molecule has 0 aliphatic carbocycles. The molecule has 2 aliphatic rings. The van der Waals surface area contributed by atoms with Crippen LogP contribution in [0.4, 0.5) is 4.79 Å². The minimum atomic E-state index is -0.804. The topological polar surface area (TPSA) is 114 Å². The number of morpholine rings is 1. The third-order valence-electron chi connectivity index (χ3n) is 5.87. The van der Waals surface area contributed by atoms with E-state index in [1.54, 1.807) is 27.8 Å². The second-order valence-corrected chi connectivity index (χ2v) is 8.01. The van der Waals surface area contributed by atoms with Crippen molar-refractivity contribution in [1.82, 2.24) is 19.7 Å². The van der Waals surface area contributed by atoms with Gasteiger partial charge in [-0.3, -0.25) is 24.6 Å². The number of nitrogens with one attached hydrogen (secondary N) is 1. The van der Waals surface area contributed by atoms with Gasteiger partial charge in [0.05, 0.1) is 26.0 Å². The molecule has 1 N–H and O–H groups in total. The van der Waals surface area contributed by atoms with Crippen molar-refractivity contribution in [3.8, 4) is 0 Å². The quantitative estimate of drug-likeness (QED) is 0.457. The third-order valence-corrected chi connectivity index (χ3v) is 5.87. The standard InChI is InChI=1S/C24H22N4O6/c29-21(26-7-10-33-11-8-26)15-27-13-16(18-5-1-2-6-20(18)27)12-19-22(30)25-24(32)28(23(19)31)14-17-4-3-9-34-17/h1-6,9,12-13H,7-8,10-11,14-15H2,(H,25,30,32)/b19-12+. The lowest BCUT2D eigenvalue weighted by Gasteiger charge is -2.27. The molecule has 3 aromatic rings. The van der Waals surface area contributed by atoms with Gasteiger partial charge in [0.1, 0.15) is 17.9 Å². The van der Waals surface area contributed by atoms with Crippen LogP contribution in [0.15, 0.2) is 58.8 Å². The van der Waals surface area contributed by atoms with Crippen LogP contribution in [0.5, 0.6) is 0 Å². The van der Waals surface area contributed by atoms with Crippen LogP contribution in [0.25, 0.3) is 17.0 Å². The average Bonchev–Trinajstić information content (AvgIpc) is 3.48. The van der Waals surface area contributed by atoms with Crippen molar-refractivity contribution in [2.24, 2.45) is 0 Å². The number of nitrogens with zero attached hydrogens (tertiary/aromatic N) is 3. The summed E-state index contributed by atoms with van der Waals surface area (Å²) in [5, 5.41) is 2.99. The van der Waals surface area contributed by atoms with Gasteiger partial charge in [0.15, 0.2) is 0 Å². The van der Waals surface area contributed by atoms with Crippen LogP contribution >= 0.6 is 0 Å². The molecule has 0 spiro atoms. The molecule has 0 bridgehead atoms. The minimum Gasteiger partial charge on any atom is -0.467 e. The molecule has 4 heterocycles. The lowest BCUT2D eigenvalue weighted by molar-refractivity contribution is -0.136. The maximum Gasteiger partial charge on any atom is 0.331 e. The van der Waals surface area contributed by atoms with Crippen LogP contribution in [0.1, 0.15) is 11.3 Å². The minimum absolute atomic E-state index is 0.0371. The van der Waals surface area contributed by atoms with Gasteiger partial charge in [-0.15, -0.1) is 0 Å². The van der Waals surface area contributed by atoms with Gasteiger partial charge in [0.2, 0.25) is 5.91 Å². The first-order valence-electron chi connectivity index (χ1n) is 10.9. The number of carbonyl (C=O) groups is 4. The first kappa shape index (κ1) is 21.7. The smallest absolute Gasteiger partial charge is 0.331 e. The Morgan fingerprint density at radius 2 is 1.85 bits per heavy atom. The average molecular weight is 462 g/mol. The molecular weight excluding hydrogens is 440 g/mol. The van der Waals surface area contributed by atoms with E-state index in [4.69, 9.17) is 9.15 Å². The summed E-state index contributed by atoms with van der Waals surface area (Å²) in [6.07, 6.45) is 4.64. The zero-order valence-corrected chi connectivity index (χ0v) is 18.2. The first-order chi connectivity index (χ1) is 16.5. The highest BCUT2D eigenvalue weighted by molar-refractivity contribution is 6.31. The van der Waals surface area contributed by atoms with E-state index < -0.39 is 17.8 Å². The number of urea groups is 1. The molecule has 0 radical (unpaired) electrons. The Balaban J connectivity index is 1.46. The van der Waals surface area contributed by atoms with Crippen molar-refractivity contribution in [1.29, 1.82) is 0 Å². The van der Waals surface area contributed by atoms with E-state index in [1.165, 1.54) is 12.3 Å². The number of para-hydroxylation sites is 1. The monoisotopic (exact) mass is 462 g/mol. The molecule has 2 aliphatic heterocycles. The van der Waals surface area contributed by atoms with E-state index in [2.05, 4.69) is 5.32 Å². The Labute approximate surface area is 194 Å². The number of fused-ring (bicyclic) bond motifs is 1. The number of hydrogen-bond acceptors (Lipinski definition) is 6. The zero-order valence-electron chi connectivity index (χ0n) is 18.2. The molecule has 10 nitrogen and oxygen atoms in total. The summed E-state index contributed by atoms with van der Waals surface area (Å²) in [6.45, 7) is 2.14. The Morgan fingerprint density at radius 1 is 1.06 bits per heavy atom. The summed E-state index contributed by atoms with van der Waals surface area (Å²) in [5.74, 6) is -1.11. The molecule has 5 amide bonds. The van der Waals surface area contributed by atoms with E-state index in [1.807, 2.05) is 24.3 Å². The lowest BCUT2D eigenvalue weighted by atomic mass is 10.1. The molecule has 34 heavy (non-hydrogen) atoms. The molecule has 5 rings (SSSR count). The van der Waals surface area contributed by atoms with E-state index in [-0.39, 0.29) is 24.6 Å². The van der Waals surface area contributed by atoms with Gasteiger partial charge in [0.25, 0.3) is 11.8 Å². The number of barbiturate groups is 1. The van der Waals surface area contributed by atoms with Crippen LogP contribution in [-0.2, 0) is 32.2 Å². The first-order valence-corrected chi connectivity index (χ1v) is 10.9. The van der Waals surface area contributed by atoms with E-state index in [0.29, 0.717) is 37.6 Å². The number of carbonyl (C=O) groups excluding carboxylic acids is 4. The maximum absolute atomic E-state index is 13.1. The Hall–Kier alpha value is -4.18. The van der Waals surface area contributed by atoms with Crippen molar-refractivity contribution in [2.45, 2.75) is 13.1 Å². The summed E-state index contributed by atoms with van der Waals surface area (Å²) in [5.41, 5.74) is 1.22. The molecule has 0 unspecified atom stereocenters. The maximum atomic E-state index is 13.1. The number of aromatic nitrogens is 1. The van der Waals surface area contributed by atoms with Gasteiger partial charge < -0.3 is 18.6 Å². The molecule has 2 aromatic heterocycles. The highest BCUT2D eigenvalue weighted by Gasteiger charge is 2.36. The molecule has 2 fully saturated rings. The van der Waals surface area contributed by atoms with Crippen LogP contribution in [0.3, 0.4) is 0 Å². The van der Waals surface area contributed by atoms with Gasteiger partial charge >= 0.3 is 6.03 Å². The zero-order chi connectivity index (χ0) is 23.7. The SMILES string of the molecule is O=C1NC(=O)N(Cc2ccco2)C(=O)/C1=C/c1cn(CC(=O)N2CCOCC2)c2ccccc12. The number of hydrogen-bond donors (Lipinski definition) is 1. The largest absolute Gasteiger partial charge is 0.467 e. The van der Waals surface area contributed by atoms with E-state index in [0.717, 1.165) is 15.8 Å². The van der Waals surface area contributed by atoms with E-state index >= 15 is 0 Å². The molecule has 0 saturated carbocycles. The fourth-order valence-corrected chi connectivity index (χ4v) is 4.13. The van der Waals surface area contributed by atoms with Gasteiger partial charge in [-0.05, 0) is 24.3 Å². The van der Waals surface area contributed by atoms with Gasteiger partial charge in [-0.25, -0.2) is 4.79 Å². The number of imide groups is 2. The number of amides is 5. The summed E-state index contributed by atoms with van der Waals surface area (Å²) in [7, 11) is 0. The van der Waals surface area contributed by atoms with Gasteiger partial charge in [-0.2, -0.15) is 0 Å². The van der Waals surface area contributed by atoms with Gasteiger partial charge in [-0.1, -0.05) is 18.2 Å². The van der Waals surface area contributed by atoms with Crippen molar-refractivity contribution < 1.29 is 28.3 Å². The predicted octanol–water partition coefficient (Wildman–Crippen LogP) is 1.76. The van der Waals surface area contributed by atoms with Crippen LogP contribution in [0, 0.1) is 0 Å². The number of benzene rings is 1. The summed E-state index contributed by atoms with van der Waals surface area (Å²) in [6, 6.07) is 9.91. The molecule has 174 valence electrons. The second-order valence-electron chi connectivity index (χ2n) is 8.01. The molecule has 2 saturated heterocycles. The van der Waals surface area contributed by atoms with Crippen LogP contribution in [-0.4, -0.2) is 64.4 Å². The van der Waals surface area contributed by atoms with Crippen molar-refractivity contribution >= 4 is 40.7 Å². The van der Waals surface area contributed by atoms with Crippen LogP contribution in [0.2, 0.25) is 0 Å². The highest BCUT2D eigenvalue weighted by Crippen LogP contribution is 2.25. The fraction of sp³-hybridized carbons (Fsp3) is 0.250. The molecule has 1 aromatic carbocycles. The summed E-state index contributed by atoms with van der Waals surface area (Å²) in [4.78, 5) is 53.4. The fourth-order valence-electron chi connectivity index (χ4n) is 4.13. The van der Waals surface area contributed by atoms with Gasteiger partial charge in [0, 0.05) is 35.8 Å². The number of rotatable bonds is 5. The van der Waals surface area contributed by atoms with Crippen molar-refractivity contribution in [2.75, 3.05) is 26.3 Å². The Kier molecular flexibility index (Phi) is 5.72. The number of furan rings is 1. The molecule has 10 heteroatoms. The summed E-state index contributed by atoms with van der Waals surface area (Å²) >= 11 is 0. The third kappa shape index (κ3) is 4.11. The molecular formula is C24H22N4O6. The van der Waals surface area contributed by atoms with Crippen molar-refractivity contribution in [3.05, 3.63) is 65.8 Å².